The van der Waals surface area contributed by atoms with Crippen molar-refractivity contribution in [1.82, 2.24) is 14.5 Å². The molecule has 1 aliphatic heterocycles. The van der Waals surface area contributed by atoms with E-state index in [4.69, 9.17) is 16.3 Å². The molecule has 0 atom stereocenters. The summed E-state index contributed by atoms with van der Waals surface area (Å²) in [7, 11) is -3.78. The van der Waals surface area contributed by atoms with E-state index in [0.29, 0.717) is 23.9 Å². The first kappa shape index (κ1) is 21.4. The third-order valence-electron chi connectivity index (χ3n) is 4.42. The molecule has 1 heterocycles. The molecule has 10 heteroatoms. The molecule has 7 nitrogen and oxygen atoms in total. The van der Waals surface area contributed by atoms with Crippen molar-refractivity contribution >= 4 is 27.7 Å². The Bertz CT molecular complexity index is 948. The Kier molecular flexibility index (Phi) is 6.94. The minimum absolute atomic E-state index is 0.0882. The average Bonchev–Trinajstić information content (AvgIpc) is 2.72. The second-order valence-electron chi connectivity index (χ2n) is 6.38. The highest BCUT2D eigenvalue weighted by Crippen LogP contribution is 2.18. The van der Waals surface area contributed by atoms with E-state index in [2.05, 4.69) is 5.32 Å². The molecule has 2 amide bonds. The van der Waals surface area contributed by atoms with Gasteiger partial charge in [-0.05, 0) is 42.5 Å². The summed E-state index contributed by atoms with van der Waals surface area (Å²) >= 11 is 5.80. The fourth-order valence-electron chi connectivity index (χ4n) is 2.88. The molecule has 0 unspecified atom stereocenters. The van der Waals surface area contributed by atoms with Gasteiger partial charge in [0.1, 0.15) is 18.2 Å². The lowest BCUT2D eigenvalue weighted by atomic mass is 10.3. The quantitative estimate of drug-likeness (QED) is 0.699. The first-order valence-corrected chi connectivity index (χ1v) is 10.8. The molecule has 29 heavy (non-hydrogen) atoms. The standard InChI is InChI=1S/C19H21ClFN3O4S/c20-15-4-6-17(7-5-15)28-13-8-22-19(25)23-9-11-24(12-10-23)29(26,27)18-3-1-2-16(21)14-18/h1-7,14H,8-13H2,(H,22,25). The van der Waals surface area contributed by atoms with Gasteiger partial charge in [-0.3, -0.25) is 0 Å². The number of hydrogen-bond donors (Lipinski definition) is 1. The van der Waals surface area contributed by atoms with Crippen LogP contribution in [0, 0.1) is 5.82 Å². The highest BCUT2D eigenvalue weighted by atomic mass is 35.5. The van der Waals surface area contributed by atoms with Gasteiger partial charge in [0.25, 0.3) is 0 Å². The topological polar surface area (TPSA) is 79.0 Å². The molecule has 2 aromatic rings. The second-order valence-corrected chi connectivity index (χ2v) is 8.76. The van der Waals surface area contributed by atoms with Gasteiger partial charge in [-0.2, -0.15) is 4.31 Å². The molecule has 0 spiro atoms. The molecule has 1 N–H and O–H groups in total. The van der Waals surface area contributed by atoms with Crippen molar-refractivity contribution in [2.45, 2.75) is 4.90 Å². The lowest BCUT2D eigenvalue weighted by Crippen LogP contribution is -2.53. The number of ether oxygens (including phenoxy) is 1. The number of sulfonamides is 1. The zero-order valence-corrected chi connectivity index (χ0v) is 17.1. The predicted octanol–water partition coefficient (Wildman–Crippen LogP) is 2.57. The highest BCUT2D eigenvalue weighted by molar-refractivity contribution is 7.89. The number of urea groups is 1. The van der Waals surface area contributed by atoms with Gasteiger partial charge in [0.05, 0.1) is 11.4 Å². The van der Waals surface area contributed by atoms with Crippen LogP contribution in [0.15, 0.2) is 53.4 Å². The summed E-state index contributed by atoms with van der Waals surface area (Å²) in [5.74, 6) is 0.0460. The maximum atomic E-state index is 13.3. The summed E-state index contributed by atoms with van der Waals surface area (Å²) in [5, 5.41) is 3.36. The molecule has 156 valence electrons. The summed E-state index contributed by atoms with van der Waals surface area (Å²) in [6.45, 7) is 1.39. The third-order valence-corrected chi connectivity index (χ3v) is 6.57. The minimum Gasteiger partial charge on any atom is -0.492 e. The zero-order chi connectivity index (χ0) is 20.9. The number of piperazine rings is 1. The summed E-state index contributed by atoms with van der Waals surface area (Å²) < 4.78 is 45.3. The van der Waals surface area contributed by atoms with E-state index in [1.54, 1.807) is 29.2 Å². The van der Waals surface area contributed by atoms with E-state index in [9.17, 15) is 17.6 Å². The van der Waals surface area contributed by atoms with Crippen molar-refractivity contribution in [1.29, 1.82) is 0 Å². The van der Waals surface area contributed by atoms with Crippen molar-refractivity contribution in [3.8, 4) is 5.75 Å². The van der Waals surface area contributed by atoms with Crippen LogP contribution < -0.4 is 10.1 Å². The Labute approximate surface area is 174 Å². The molecular formula is C19H21ClFN3O4S. The number of benzene rings is 2. The van der Waals surface area contributed by atoms with Crippen LogP contribution in [0.2, 0.25) is 5.02 Å². The van der Waals surface area contributed by atoms with Gasteiger partial charge in [0.15, 0.2) is 0 Å². The van der Waals surface area contributed by atoms with E-state index >= 15 is 0 Å². The smallest absolute Gasteiger partial charge is 0.317 e. The molecule has 0 bridgehead atoms. The van der Waals surface area contributed by atoms with E-state index in [-0.39, 0.29) is 37.1 Å². The molecule has 0 radical (unpaired) electrons. The number of nitrogens with zero attached hydrogens (tertiary/aromatic N) is 2. The molecular weight excluding hydrogens is 421 g/mol. The number of rotatable bonds is 6. The third kappa shape index (κ3) is 5.59. The van der Waals surface area contributed by atoms with Gasteiger partial charge >= 0.3 is 6.03 Å². The number of carbonyl (C=O) groups excluding carboxylic acids is 1. The first-order chi connectivity index (χ1) is 13.9. The Morgan fingerprint density at radius 3 is 2.45 bits per heavy atom. The lowest BCUT2D eigenvalue weighted by Gasteiger charge is -2.34. The van der Waals surface area contributed by atoms with Gasteiger partial charge in [-0.1, -0.05) is 17.7 Å². The number of nitrogens with one attached hydrogen (secondary N) is 1. The van der Waals surface area contributed by atoms with Crippen LogP contribution in [-0.2, 0) is 10.0 Å². The fraction of sp³-hybridized carbons (Fsp3) is 0.316. The van der Waals surface area contributed by atoms with Crippen LogP contribution >= 0.6 is 11.6 Å². The van der Waals surface area contributed by atoms with E-state index in [1.165, 1.54) is 22.5 Å². The normalized spacial score (nSPS) is 15.2. The average molecular weight is 442 g/mol. The number of halogens is 2. The molecule has 0 saturated carbocycles. The van der Waals surface area contributed by atoms with Crippen LogP contribution in [-0.4, -0.2) is 63.0 Å². The second kappa shape index (κ2) is 9.43. The van der Waals surface area contributed by atoms with E-state index in [0.717, 1.165) is 6.07 Å². The lowest BCUT2D eigenvalue weighted by molar-refractivity contribution is 0.170. The SMILES string of the molecule is O=C(NCCOc1ccc(Cl)cc1)N1CCN(S(=O)(=O)c2cccc(F)c2)CC1. The molecule has 1 saturated heterocycles. The summed E-state index contributed by atoms with van der Waals surface area (Å²) in [4.78, 5) is 13.7. The largest absolute Gasteiger partial charge is 0.492 e. The molecule has 1 aliphatic rings. The number of hydrogen-bond acceptors (Lipinski definition) is 4. The van der Waals surface area contributed by atoms with E-state index in [1.807, 2.05) is 0 Å². The Balaban J connectivity index is 1.44. The minimum atomic E-state index is -3.78. The zero-order valence-electron chi connectivity index (χ0n) is 15.6. The Hall–Kier alpha value is -2.36. The van der Waals surface area contributed by atoms with Crippen LogP contribution in [0.5, 0.6) is 5.75 Å². The van der Waals surface area contributed by atoms with Gasteiger partial charge in [0, 0.05) is 31.2 Å². The molecule has 0 aromatic heterocycles. The number of amides is 2. The molecule has 2 aromatic carbocycles. The van der Waals surface area contributed by atoms with Crippen LogP contribution in [0.4, 0.5) is 9.18 Å². The Morgan fingerprint density at radius 2 is 1.79 bits per heavy atom. The van der Waals surface area contributed by atoms with Gasteiger partial charge in [-0.15, -0.1) is 0 Å². The van der Waals surface area contributed by atoms with Crippen molar-refractivity contribution in [3.05, 3.63) is 59.4 Å². The maximum absolute atomic E-state index is 13.3. The van der Waals surface area contributed by atoms with Crippen molar-refractivity contribution < 1.29 is 22.3 Å². The van der Waals surface area contributed by atoms with Crippen molar-refractivity contribution in [3.63, 3.8) is 0 Å². The molecule has 1 fully saturated rings. The van der Waals surface area contributed by atoms with Crippen molar-refractivity contribution in [2.75, 3.05) is 39.3 Å². The summed E-state index contributed by atoms with van der Waals surface area (Å²) in [6.07, 6.45) is 0. The van der Waals surface area contributed by atoms with Gasteiger partial charge in [0.2, 0.25) is 10.0 Å². The maximum Gasteiger partial charge on any atom is 0.317 e. The van der Waals surface area contributed by atoms with Crippen LogP contribution in [0.25, 0.3) is 0 Å². The fourth-order valence-corrected chi connectivity index (χ4v) is 4.46. The first-order valence-electron chi connectivity index (χ1n) is 9.03. The summed E-state index contributed by atoms with van der Waals surface area (Å²) in [6, 6.07) is 11.5. The molecule has 0 aliphatic carbocycles. The summed E-state index contributed by atoms with van der Waals surface area (Å²) in [5.41, 5.74) is 0. The van der Waals surface area contributed by atoms with Crippen LogP contribution in [0.3, 0.4) is 0 Å². The van der Waals surface area contributed by atoms with E-state index < -0.39 is 15.8 Å². The Morgan fingerprint density at radius 1 is 1.10 bits per heavy atom. The monoisotopic (exact) mass is 441 g/mol. The number of carbonyl (C=O) groups is 1. The van der Waals surface area contributed by atoms with Crippen molar-refractivity contribution in [2.24, 2.45) is 0 Å². The highest BCUT2D eigenvalue weighted by Gasteiger charge is 2.30. The van der Waals surface area contributed by atoms with Gasteiger partial charge in [-0.25, -0.2) is 17.6 Å². The molecule has 3 rings (SSSR count). The van der Waals surface area contributed by atoms with Crippen LogP contribution in [0.1, 0.15) is 0 Å². The predicted molar refractivity (Wildman–Crippen MR) is 107 cm³/mol. The van der Waals surface area contributed by atoms with Gasteiger partial charge < -0.3 is 15.0 Å².